The molecule has 15 heavy (non-hydrogen) atoms. The van der Waals surface area contributed by atoms with Gasteiger partial charge in [-0.25, -0.2) is 0 Å². The lowest BCUT2D eigenvalue weighted by molar-refractivity contribution is 0.412. The molecule has 0 aliphatic heterocycles. The van der Waals surface area contributed by atoms with Gasteiger partial charge in [0, 0.05) is 18.3 Å². The summed E-state index contributed by atoms with van der Waals surface area (Å²) in [6.07, 6.45) is 5.52. The number of hydrogen-bond donors (Lipinski definition) is 1. The monoisotopic (exact) mass is 206 g/mol. The number of rotatable bonds is 6. The molecule has 1 aromatic rings. The Morgan fingerprint density at radius 2 is 2.13 bits per heavy atom. The minimum Gasteiger partial charge on any atom is -0.306 e. The van der Waals surface area contributed by atoms with Gasteiger partial charge in [0.2, 0.25) is 0 Å². The maximum atomic E-state index is 4.36. The van der Waals surface area contributed by atoms with Crippen LogP contribution < -0.4 is 5.32 Å². The number of pyridine rings is 1. The van der Waals surface area contributed by atoms with Crippen LogP contribution in [0.4, 0.5) is 0 Å². The van der Waals surface area contributed by atoms with Gasteiger partial charge in [-0.3, -0.25) is 4.98 Å². The summed E-state index contributed by atoms with van der Waals surface area (Å²) in [4.78, 5) is 4.36. The molecule has 2 atom stereocenters. The Morgan fingerprint density at radius 1 is 1.33 bits per heavy atom. The first-order chi connectivity index (χ1) is 7.27. The molecular formula is C13H22N2. The van der Waals surface area contributed by atoms with E-state index in [1.807, 2.05) is 18.3 Å². The van der Waals surface area contributed by atoms with E-state index in [1.54, 1.807) is 0 Å². The van der Waals surface area contributed by atoms with Crippen LogP contribution in [0.2, 0.25) is 0 Å². The smallest absolute Gasteiger partial charge is 0.0570 e. The predicted molar refractivity (Wildman–Crippen MR) is 64.8 cm³/mol. The molecule has 0 amide bonds. The van der Waals surface area contributed by atoms with Gasteiger partial charge < -0.3 is 5.32 Å². The fourth-order valence-corrected chi connectivity index (χ4v) is 1.82. The number of nitrogens with zero attached hydrogens (tertiary/aromatic N) is 1. The third kappa shape index (κ3) is 4.00. The summed E-state index contributed by atoms with van der Waals surface area (Å²) in [5.41, 5.74) is 1.13. The molecule has 1 heterocycles. The molecule has 1 N–H and O–H groups in total. The first-order valence-corrected chi connectivity index (χ1v) is 5.94. The van der Waals surface area contributed by atoms with Crippen molar-refractivity contribution in [2.45, 2.75) is 52.1 Å². The third-order valence-corrected chi connectivity index (χ3v) is 2.75. The molecule has 0 saturated heterocycles. The standard InChI is InChI=1S/C13H22N2/c1-4-8-12(5-2)15-11(3)13-9-6-7-10-14-13/h6-7,9-12,15H,4-5,8H2,1-3H3. The van der Waals surface area contributed by atoms with Crippen molar-refractivity contribution < 1.29 is 0 Å². The Hall–Kier alpha value is -0.890. The summed E-state index contributed by atoms with van der Waals surface area (Å²) in [5.74, 6) is 0. The first kappa shape index (κ1) is 12.2. The molecule has 0 bridgehead atoms. The van der Waals surface area contributed by atoms with Crippen LogP contribution in [0.25, 0.3) is 0 Å². The zero-order valence-electron chi connectivity index (χ0n) is 10.0. The van der Waals surface area contributed by atoms with Crippen LogP contribution in [0, 0.1) is 0 Å². The summed E-state index contributed by atoms with van der Waals surface area (Å²) in [6, 6.07) is 7.05. The van der Waals surface area contributed by atoms with Gasteiger partial charge >= 0.3 is 0 Å². The molecule has 1 rings (SSSR count). The van der Waals surface area contributed by atoms with E-state index in [1.165, 1.54) is 19.3 Å². The molecule has 0 saturated carbocycles. The van der Waals surface area contributed by atoms with Crippen LogP contribution in [0.15, 0.2) is 24.4 Å². The molecule has 0 aliphatic carbocycles. The van der Waals surface area contributed by atoms with E-state index in [0.29, 0.717) is 12.1 Å². The maximum Gasteiger partial charge on any atom is 0.0570 e. The zero-order chi connectivity index (χ0) is 11.1. The summed E-state index contributed by atoms with van der Waals surface area (Å²) in [5, 5.41) is 3.62. The quantitative estimate of drug-likeness (QED) is 0.772. The van der Waals surface area contributed by atoms with Gasteiger partial charge in [-0.1, -0.05) is 26.3 Å². The van der Waals surface area contributed by atoms with Crippen molar-refractivity contribution in [3.05, 3.63) is 30.1 Å². The normalized spacial score (nSPS) is 14.9. The van der Waals surface area contributed by atoms with Crippen molar-refractivity contribution in [3.8, 4) is 0 Å². The SMILES string of the molecule is CCCC(CC)NC(C)c1ccccn1. The van der Waals surface area contributed by atoms with Crippen LogP contribution in [-0.2, 0) is 0 Å². The topological polar surface area (TPSA) is 24.9 Å². The van der Waals surface area contributed by atoms with Crippen molar-refractivity contribution >= 4 is 0 Å². The molecule has 1 aromatic heterocycles. The lowest BCUT2D eigenvalue weighted by atomic mass is 10.1. The minimum atomic E-state index is 0.350. The van der Waals surface area contributed by atoms with Crippen LogP contribution >= 0.6 is 0 Å². The van der Waals surface area contributed by atoms with Crippen LogP contribution in [-0.4, -0.2) is 11.0 Å². The minimum absolute atomic E-state index is 0.350. The molecule has 2 nitrogen and oxygen atoms in total. The van der Waals surface area contributed by atoms with E-state index in [4.69, 9.17) is 0 Å². The summed E-state index contributed by atoms with van der Waals surface area (Å²) in [7, 11) is 0. The van der Waals surface area contributed by atoms with E-state index in [2.05, 4.69) is 37.1 Å². The van der Waals surface area contributed by atoms with E-state index in [-0.39, 0.29) is 0 Å². The van der Waals surface area contributed by atoms with Gasteiger partial charge in [0.15, 0.2) is 0 Å². The predicted octanol–water partition coefficient (Wildman–Crippen LogP) is 3.31. The molecule has 0 radical (unpaired) electrons. The number of aromatic nitrogens is 1. The first-order valence-electron chi connectivity index (χ1n) is 5.94. The molecule has 84 valence electrons. The molecule has 2 heteroatoms. The van der Waals surface area contributed by atoms with E-state index >= 15 is 0 Å². The fourth-order valence-electron chi connectivity index (χ4n) is 1.82. The lowest BCUT2D eigenvalue weighted by Gasteiger charge is -2.21. The largest absolute Gasteiger partial charge is 0.306 e. The molecule has 2 unspecified atom stereocenters. The molecule has 0 fully saturated rings. The highest BCUT2D eigenvalue weighted by Crippen LogP contribution is 2.12. The van der Waals surface area contributed by atoms with Gasteiger partial charge in [0.1, 0.15) is 0 Å². The molecule has 0 spiro atoms. The van der Waals surface area contributed by atoms with Gasteiger partial charge in [-0.15, -0.1) is 0 Å². The Bertz CT molecular complexity index is 258. The van der Waals surface area contributed by atoms with E-state index < -0.39 is 0 Å². The number of hydrogen-bond acceptors (Lipinski definition) is 2. The van der Waals surface area contributed by atoms with Crippen molar-refractivity contribution in [1.82, 2.24) is 10.3 Å². The highest BCUT2D eigenvalue weighted by Gasteiger charge is 2.11. The highest BCUT2D eigenvalue weighted by molar-refractivity contribution is 5.07. The van der Waals surface area contributed by atoms with Crippen LogP contribution in [0.3, 0.4) is 0 Å². The summed E-state index contributed by atoms with van der Waals surface area (Å²) >= 11 is 0. The van der Waals surface area contributed by atoms with Crippen molar-refractivity contribution in [1.29, 1.82) is 0 Å². The second-order valence-corrected chi connectivity index (χ2v) is 4.04. The van der Waals surface area contributed by atoms with E-state index in [0.717, 1.165) is 5.69 Å². The molecular weight excluding hydrogens is 184 g/mol. The molecule has 0 aromatic carbocycles. The molecule has 0 aliphatic rings. The average molecular weight is 206 g/mol. The van der Waals surface area contributed by atoms with E-state index in [9.17, 15) is 0 Å². The van der Waals surface area contributed by atoms with Crippen molar-refractivity contribution in [2.75, 3.05) is 0 Å². The van der Waals surface area contributed by atoms with Crippen LogP contribution in [0.1, 0.15) is 51.8 Å². The Labute approximate surface area is 93.1 Å². The fraction of sp³-hybridized carbons (Fsp3) is 0.615. The summed E-state index contributed by atoms with van der Waals surface area (Å²) < 4.78 is 0. The third-order valence-electron chi connectivity index (χ3n) is 2.75. The van der Waals surface area contributed by atoms with Crippen LogP contribution in [0.5, 0.6) is 0 Å². The Morgan fingerprint density at radius 3 is 2.67 bits per heavy atom. The highest BCUT2D eigenvalue weighted by atomic mass is 15.0. The lowest BCUT2D eigenvalue weighted by Crippen LogP contribution is -2.31. The number of nitrogens with one attached hydrogen (secondary N) is 1. The summed E-state index contributed by atoms with van der Waals surface area (Å²) in [6.45, 7) is 6.65. The maximum absolute atomic E-state index is 4.36. The second-order valence-electron chi connectivity index (χ2n) is 4.04. The van der Waals surface area contributed by atoms with Gasteiger partial charge in [-0.2, -0.15) is 0 Å². The van der Waals surface area contributed by atoms with Gasteiger partial charge in [-0.05, 0) is 31.9 Å². The average Bonchev–Trinajstić information content (AvgIpc) is 2.29. The van der Waals surface area contributed by atoms with Crippen molar-refractivity contribution in [3.63, 3.8) is 0 Å². The van der Waals surface area contributed by atoms with Gasteiger partial charge in [0.05, 0.1) is 5.69 Å². The Kier molecular flexibility index (Phi) is 5.33. The van der Waals surface area contributed by atoms with Gasteiger partial charge in [0.25, 0.3) is 0 Å². The second kappa shape index (κ2) is 6.57. The van der Waals surface area contributed by atoms with Crippen molar-refractivity contribution in [2.24, 2.45) is 0 Å². The zero-order valence-corrected chi connectivity index (χ0v) is 10.0. The Balaban J connectivity index is 2.50.